The highest BCUT2D eigenvalue weighted by atomic mass is 14.9. The first kappa shape index (κ1) is 11.7. The van der Waals surface area contributed by atoms with Crippen molar-refractivity contribution in [1.82, 2.24) is 15.0 Å². The molecule has 0 amide bonds. The van der Waals surface area contributed by atoms with E-state index < -0.39 is 0 Å². The minimum Gasteiger partial charge on any atom is -0.321 e. The Kier molecular flexibility index (Phi) is 3.16. The Morgan fingerprint density at radius 3 is 2.58 bits per heavy atom. The molecule has 0 aliphatic rings. The minimum absolute atomic E-state index is 0.227. The van der Waals surface area contributed by atoms with Gasteiger partial charge < -0.3 is 5.73 Å². The fourth-order valence-electron chi connectivity index (χ4n) is 2.04. The Bertz CT molecular complexity index is 682. The lowest BCUT2D eigenvalue weighted by Crippen LogP contribution is -2.17. The SMILES string of the molecule is NC(Cc1ccc2ccccc2n1)c1ncccn1. The molecule has 2 aromatic heterocycles. The maximum Gasteiger partial charge on any atom is 0.145 e. The molecule has 1 aromatic carbocycles. The molecule has 3 aromatic rings. The van der Waals surface area contributed by atoms with Crippen molar-refractivity contribution in [1.29, 1.82) is 0 Å². The van der Waals surface area contributed by atoms with Gasteiger partial charge in [-0.2, -0.15) is 0 Å². The van der Waals surface area contributed by atoms with Crippen LogP contribution in [0.25, 0.3) is 10.9 Å². The predicted octanol–water partition coefficient (Wildman–Crippen LogP) is 2.27. The van der Waals surface area contributed by atoms with Gasteiger partial charge in [0.1, 0.15) is 5.82 Å². The Morgan fingerprint density at radius 2 is 1.74 bits per heavy atom. The predicted molar refractivity (Wildman–Crippen MR) is 74.4 cm³/mol. The Hall–Kier alpha value is -2.33. The lowest BCUT2D eigenvalue weighted by molar-refractivity contribution is 0.657. The van der Waals surface area contributed by atoms with E-state index in [0.717, 1.165) is 16.6 Å². The minimum atomic E-state index is -0.227. The van der Waals surface area contributed by atoms with Crippen LogP contribution in [-0.4, -0.2) is 15.0 Å². The van der Waals surface area contributed by atoms with Crippen LogP contribution in [0, 0.1) is 0 Å². The van der Waals surface area contributed by atoms with Crippen LogP contribution < -0.4 is 5.73 Å². The van der Waals surface area contributed by atoms with Crippen molar-refractivity contribution in [3.05, 3.63) is 66.4 Å². The lowest BCUT2D eigenvalue weighted by atomic mass is 10.1. The zero-order valence-electron chi connectivity index (χ0n) is 10.4. The van der Waals surface area contributed by atoms with Crippen molar-refractivity contribution in [2.24, 2.45) is 5.73 Å². The Balaban J connectivity index is 1.85. The van der Waals surface area contributed by atoms with E-state index in [0.29, 0.717) is 12.2 Å². The van der Waals surface area contributed by atoms with Crippen LogP contribution in [-0.2, 0) is 6.42 Å². The van der Waals surface area contributed by atoms with Crippen molar-refractivity contribution < 1.29 is 0 Å². The molecule has 2 N–H and O–H groups in total. The van der Waals surface area contributed by atoms with Gasteiger partial charge in [-0.25, -0.2) is 9.97 Å². The zero-order valence-corrected chi connectivity index (χ0v) is 10.4. The third-order valence-corrected chi connectivity index (χ3v) is 3.00. The summed E-state index contributed by atoms with van der Waals surface area (Å²) in [5, 5.41) is 1.13. The molecular formula is C15H14N4. The van der Waals surface area contributed by atoms with Crippen LogP contribution in [0.4, 0.5) is 0 Å². The molecule has 19 heavy (non-hydrogen) atoms. The summed E-state index contributed by atoms with van der Waals surface area (Å²) in [6.07, 6.45) is 4.04. The van der Waals surface area contributed by atoms with Crippen molar-refractivity contribution in [2.45, 2.75) is 12.5 Å². The second-order valence-electron chi connectivity index (χ2n) is 4.41. The lowest BCUT2D eigenvalue weighted by Gasteiger charge is -2.09. The summed E-state index contributed by atoms with van der Waals surface area (Å²) in [4.78, 5) is 13.0. The number of pyridine rings is 1. The number of rotatable bonds is 3. The Morgan fingerprint density at radius 1 is 0.947 bits per heavy atom. The molecule has 3 rings (SSSR count). The molecule has 0 spiro atoms. The summed E-state index contributed by atoms with van der Waals surface area (Å²) >= 11 is 0. The normalized spacial score (nSPS) is 12.5. The topological polar surface area (TPSA) is 64.7 Å². The van der Waals surface area contributed by atoms with Crippen LogP contribution in [0.2, 0.25) is 0 Å². The highest BCUT2D eigenvalue weighted by Crippen LogP contribution is 2.15. The number of fused-ring (bicyclic) bond motifs is 1. The van der Waals surface area contributed by atoms with Gasteiger partial charge in [0.15, 0.2) is 0 Å². The van der Waals surface area contributed by atoms with Gasteiger partial charge in [-0.05, 0) is 18.2 Å². The van der Waals surface area contributed by atoms with Crippen LogP contribution in [0.1, 0.15) is 17.6 Å². The van der Waals surface area contributed by atoms with E-state index >= 15 is 0 Å². The average Bonchev–Trinajstić information content (AvgIpc) is 2.48. The van der Waals surface area contributed by atoms with Gasteiger partial charge in [0.25, 0.3) is 0 Å². The summed E-state index contributed by atoms with van der Waals surface area (Å²) in [6, 6.07) is 13.7. The van der Waals surface area contributed by atoms with Crippen LogP contribution in [0.5, 0.6) is 0 Å². The third-order valence-electron chi connectivity index (χ3n) is 3.00. The quantitative estimate of drug-likeness (QED) is 0.774. The summed E-state index contributed by atoms with van der Waals surface area (Å²) < 4.78 is 0. The van der Waals surface area contributed by atoms with E-state index in [9.17, 15) is 0 Å². The van der Waals surface area contributed by atoms with E-state index in [1.54, 1.807) is 18.5 Å². The molecular weight excluding hydrogens is 236 g/mol. The first-order valence-corrected chi connectivity index (χ1v) is 6.20. The number of para-hydroxylation sites is 1. The van der Waals surface area contributed by atoms with Crippen molar-refractivity contribution in [2.75, 3.05) is 0 Å². The van der Waals surface area contributed by atoms with E-state index in [2.05, 4.69) is 21.0 Å². The molecule has 4 nitrogen and oxygen atoms in total. The molecule has 0 bridgehead atoms. The van der Waals surface area contributed by atoms with E-state index in [1.165, 1.54) is 0 Å². The fraction of sp³-hybridized carbons (Fsp3) is 0.133. The largest absolute Gasteiger partial charge is 0.321 e. The number of nitrogens with zero attached hydrogens (tertiary/aromatic N) is 3. The molecule has 4 heteroatoms. The van der Waals surface area contributed by atoms with Gasteiger partial charge in [-0.3, -0.25) is 4.98 Å². The number of aromatic nitrogens is 3. The number of nitrogens with two attached hydrogens (primary N) is 1. The van der Waals surface area contributed by atoms with E-state index in [4.69, 9.17) is 5.73 Å². The van der Waals surface area contributed by atoms with Gasteiger partial charge in [-0.15, -0.1) is 0 Å². The average molecular weight is 250 g/mol. The number of hydrogen-bond acceptors (Lipinski definition) is 4. The first-order valence-electron chi connectivity index (χ1n) is 6.20. The van der Waals surface area contributed by atoms with E-state index in [-0.39, 0.29) is 6.04 Å². The van der Waals surface area contributed by atoms with Crippen molar-refractivity contribution >= 4 is 10.9 Å². The molecule has 0 saturated heterocycles. The van der Waals surface area contributed by atoms with Gasteiger partial charge in [0.05, 0.1) is 11.6 Å². The summed E-state index contributed by atoms with van der Waals surface area (Å²) in [5.41, 5.74) is 8.05. The van der Waals surface area contributed by atoms with Crippen LogP contribution >= 0.6 is 0 Å². The van der Waals surface area contributed by atoms with Crippen LogP contribution in [0.3, 0.4) is 0 Å². The smallest absolute Gasteiger partial charge is 0.145 e. The summed E-state index contributed by atoms with van der Waals surface area (Å²) in [6.45, 7) is 0. The molecule has 0 fully saturated rings. The second-order valence-corrected chi connectivity index (χ2v) is 4.41. The molecule has 1 unspecified atom stereocenters. The van der Waals surface area contributed by atoms with Crippen molar-refractivity contribution in [3.63, 3.8) is 0 Å². The third kappa shape index (κ3) is 2.58. The molecule has 2 heterocycles. The standard InChI is InChI=1S/C15H14N4/c16-13(15-17-8-3-9-18-15)10-12-7-6-11-4-1-2-5-14(11)19-12/h1-9,13H,10,16H2. The highest BCUT2D eigenvalue weighted by molar-refractivity contribution is 5.78. The van der Waals surface area contributed by atoms with E-state index in [1.807, 2.05) is 30.3 Å². The van der Waals surface area contributed by atoms with Crippen molar-refractivity contribution in [3.8, 4) is 0 Å². The number of benzene rings is 1. The monoisotopic (exact) mass is 250 g/mol. The zero-order chi connectivity index (χ0) is 13.1. The number of hydrogen-bond donors (Lipinski definition) is 1. The fourth-order valence-corrected chi connectivity index (χ4v) is 2.04. The molecule has 0 aliphatic carbocycles. The molecule has 1 atom stereocenters. The summed E-state index contributed by atoms with van der Waals surface area (Å²) in [5.74, 6) is 0.650. The van der Waals surface area contributed by atoms with Gasteiger partial charge in [0.2, 0.25) is 0 Å². The molecule has 0 saturated carbocycles. The maximum absolute atomic E-state index is 6.11. The maximum atomic E-state index is 6.11. The van der Waals surface area contributed by atoms with Gasteiger partial charge in [-0.1, -0.05) is 24.3 Å². The molecule has 94 valence electrons. The highest BCUT2D eigenvalue weighted by Gasteiger charge is 2.10. The van der Waals surface area contributed by atoms with Gasteiger partial charge in [0, 0.05) is 29.9 Å². The van der Waals surface area contributed by atoms with Crippen LogP contribution in [0.15, 0.2) is 54.9 Å². The molecule has 0 radical (unpaired) electrons. The van der Waals surface area contributed by atoms with Gasteiger partial charge >= 0.3 is 0 Å². The first-order chi connectivity index (χ1) is 9.33. The summed E-state index contributed by atoms with van der Waals surface area (Å²) in [7, 11) is 0. The Labute approximate surface area is 111 Å². The molecule has 0 aliphatic heterocycles. The second kappa shape index (κ2) is 5.12.